The molecule has 0 aliphatic heterocycles. The van der Waals surface area contributed by atoms with Gasteiger partial charge in [0.1, 0.15) is 10.7 Å². The second-order valence-corrected chi connectivity index (χ2v) is 7.96. The molecule has 27 heavy (non-hydrogen) atoms. The van der Waals surface area contributed by atoms with Crippen LogP contribution in [0.15, 0.2) is 89.8 Å². The molecule has 0 spiro atoms. The number of carbonyl (C=O) groups excluding carboxylic acids is 1. The SMILES string of the molecule is O=C(/C(=C\c1ccc(F)cc1)S(=O)(=O)Cc1ccccc1)c1ccccc1. The summed E-state index contributed by atoms with van der Waals surface area (Å²) in [5.41, 5.74) is 1.30. The zero-order valence-electron chi connectivity index (χ0n) is 14.4. The van der Waals surface area contributed by atoms with Gasteiger partial charge in [0.25, 0.3) is 0 Å². The molecule has 3 aromatic rings. The molecule has 3 aromatic carbocycles. The first kappa shape index (κ1) is 18.7. The van der Waals surface area contributed by atoms with E-state index in [4.69, 9.17) is 0 Å². The second-order valence-electron chi connectivity index (χ2n) is 6.00. The van der Waals surface area contributed by atoms with Crippen molar-refractivity contribution in [3.8, 4) is 0 Å². The maximum Gasteiger partial charge on any atom is 0.204 e. The molecule has 0 saturated heterocycles. The fourth-order valence-corrected chi connectivity index (χ4v) is 4.11. The van der Waals surface area contributed by atoms with Gasteiger partial charge in [-0.25, -0.2) is 12.8 Å². The summed E-state index contributed by atoms with van der Waals surface area (Å²) in [5, 5.41) is 0. The normalized spacial score (nSPS) is 12.0. The summed E-state index contributed by atoms with van der Waals surface area (Å²) < 4.78 is 39.2. The lowest BCUT2D eigenvalue weighted by Crippen LogP contribution is -2.16. The van der Waals surface area contributed by atoms with Gasteiger partial charge in [0.05, 0.1) is 5.75 Å². The number of carbonyl (C=O) groups is 1. The van der Waals surface area contributed by atoms with E-state index in [1.807, 2.05) is 0 Å². The number of benzene rings is 3. The van der Waals surface area contributed by atoms with Crippen LogP contribution in [0, 0.1) is 5.82 Å². The van der Waals surface area contributed by atoms with E-state index >= 15 is 0 Å². The molecule has 0 bridgehead atoms. The minimum atomic E-state index is -3.91. The highest BCUT2D eigenvalue weighted by Gasteiger charge is 2.26. The van der Waals surface area contributed by atoms with Crippen LogP contribution in [0.1, 0.15) is 21.5 Å². The Kier molecular flexibility index (Phi) is 5.62. The van der Waals surface area contributed by atoms with Crippen LogP contribution in [0.2, 0.25) is 0 Å². The molecule has 0 amide bonds. The van der Waals surface area contributed by atoms with E-state index in [1.54, 1.807) is 60.7 Å². The quantitative estimate of drug-likeness (QED) is 0.461. The summed E-state index contributed by atoms with van der Waals surface area (Å²) in [6, 6.07) is 22.2. The van der Waals surface area contributed by atoms with E-state index < -0.39 is 21.4 Å². The highest BCUT2D eigenvalue weighted by Crippen LogP contribution is 2.22. The lowest BCUT2D eigenvalue weighted by Gasteiger charge is -2.09. The third-order valence-electron chi connectivity index (χ3n) is 3.96. The molecular weight excluding hydrogens is 363 g/mol. The summed E-state index contributed by atoms with van der Waals surface area (Å²) in [5.74, 6) is -1.31. The molecule has 0 aliphatic rings. The standard InChI is InChI=1S/C22H17FO3S/c23-20-13-11-17(12-14-20)15-21(22(24)19-9-5-2-6-10-19)27(25,26)16-18-7-3-1-4-8-18/h1-15H,16H2/b21-15+. The first-order chi connectivity index (χ1) is 13.0. The molecule has 3 rings (SSSR count). The first-order valence-electron chi connectivity index (χ1n) is 8.29. The van der Waals surface area contributed by atoms with E-state index in [2.05, 4.69) is 0 Å². The minimum Gasteiger partial charge on any atom is -0.288 e. The fraction of sp³-hybridized carbons (Fsp3) is 0.0455. The number of Topliss-reactive ketones (excluding diaryl/α,β-unsaturated/α-hetero) is 1. The monoisotopic (exact) mass is 380 g/mol. The third-order valence-corrected chi connectivity index (χ3v) is 5.65. The maximum absolute atomic E-state index is 13.2. The highest BCUT2D eigenvalue weighted by molar-refractivity contribution is 7.95. The van der Waals surface area contributed by atoms with Gasteiger partial charge in [0, 0.05) is 5.56 Å². The smallest absolute Gasteiger partial charge is 0.204 e. The Hall–Kier alpha value is -3.05. The molecule has 136 valence electrons. The van der Waals surface area contributed by atoms with Crippen molar-refractivity contribution in [1.29, 1.82) is 0 Å². The van der Waals surface area contributed by atoms with Gasteiger partial charge in [-0.1, -0.05) is 72.8 Å². The minimum absolute atomic E-state index is 0.280. The van der Waals surface area contributed by atoms with Crippen molar-refractivity contribution in [2.45, 2.75) is 5.75 Å². The predicted molar refractivity (Wildman–Crippen MR) is 104 cm³/mol. The molecule has 0 fully saturated rings. The largest absolute Gasteiger partial charge is 0.288 e. The number of rotatable bonds is 6. The number of hydrogen-bond donors (Lipinski definition) is 0. The molecule has 0 N–H and O–H groups in total. The molecule has 0 heterocycles. The molecule has 0 saturated carbocycles. The fourth-order valence-electron chi connectivity index (χ4n) is 2.61. The Labute approximate surface area is 157 Å². The van der Waals surface area contributed by atoms with Crippen molar-refractivity contribution in [3.63, 3.8) is 0 Å². The Morgan fingerprint density at radius 2 is 1.37 bits per heavy atom. The molecule has 0 aromatic heterocycles. The van der Waals surface area contributed by atoms with Crippen LogP contribution in [-0.2, 0) is 15.6 Å². The Balaban J connectivity index is 2.06. The van der Waals surface area contributed by atoms with Crippen LogP contribution >= 0.6 is 0 Å². The van der Waals surface area contributed by atoms with Gasteiger partial charge in [0.15, 0.2) is 9.84 Å². The molecule has 0 radical (unpaired) electrons. The molecule has 0 atom stereocenters. The number of hydrogen-bond acceptors (Lipinski definition) is 3. The number of sulfone groups is 1. The molecule has 5 heteroatoms. The van der Waals surface area contributed by atoms with Gasteiger partial charge in [-0.2, -0.15) is 0 Å². The second kappa shape index (κ2) is 8.10. The number of halogens is 1. The van der Waals surface area contributed by atoms with Gasteiger partial charge in [0.2, 0.25) is 5.78 Å². The van der Waals surface area contributed by atoms with Crippen molar-refractivity contribution in [2.24, 2.45) is 0 Å². The van der Waals surface area contributed by atoms with E-state index in [-0.39, 0.29) is 16.2 Å². The van der Waals surface area contributed by atoms with E-state index in [0.29, 0.717) is 11.1 Å². The van der Waals surface area contributed by atoms with Gasteiger partial charge in [-0.15, -0.1) is 0 Å². The predicted octanol–water partition coefficient (Wildman–Crippen LogP) is 4.66. The average molecular weight is 380 g/mol. The summed E-state index contributed by atoms with van der Waals surface area (Å²) in [6.45, 7) is 0. The number of allylic oxidation sites excluding steroid dienone is 1. The molecule has 3 nitrogen and oxygen atoms in total. The summed E-state index contributed by atoms with van der Waals surface area (Å²) in [6.07, 6.45) is 1.30. The summed E-state index contributed by atoms with van der Waals surface area (Å²) in [4.78, 5) is 12.6. The lowest BCUT2D eigenvalue weighted by molar-refractivity contribution is 0.104. The Morgan fingerprint density at radius 3 is 1.96 bits per heavy atom. The zero-order valence-corrected chi connectivity index (χ0v) is 15.2. The lowest BCUT2D eigenvalue weighted by atomic mass is 10.1. The van der Waals surface area contributed by atoms with Crippen molar-refractivity contribution in [1.82, 2.24) is 0 Å². The van der Waals surface area contributed by atoms with Gasteiger partial charge in [-0.3, -0.25) is 4.79 Å². The van der Waals surface area contributed by atoms with Crippen molar-refractivity contribution >= 4 is 21.7 Å². The van der Waals surface area contributed by atoms with Crippen molar-refractivity contribution in [3.05, 3.63) is 112 Å². The third kappa shape index (κ3) is 4.77. The maximum atomic E-state index is 13.2. The van der Waals surface area contributed by atoms with Crippen LogP contribution in [0.4, 0.5) is 4.39 Å². The van der Waals surface area contributed by atoms with E-state index in [0.717, 1.165) is 0 Å². The highest BCUT2D eigenvalue weighted by atomic mass is 32.2. The van der Waals surface area contributed by atoms with Crippen LogP contribution in [0.3, 0.4) is 0 Å². The summed E-state index contributed by atoms with van der Waals surface area (Å²) in [7, 11) is -3.91. The van der Waals surface area contributed by atoms with Gasteiger partial charge >= 0.3 is 0 Å². The van der Waals surface area contributed by atoms with Crippen molar-refractivity contribution < 1.29 is 17.6 Å². The topological polar surface area (TPSA) is 51.2 Å². The Morgan fingerprint density at radius 1 is 0.815 bits per heavy atom. The van der Waals surface area contributed by atoms with Gasteiger partial charge < -0.3 is 0 Å². The van der Waals surface area contributed by atoms with E-state index in [9.17, 15) is 17.6 Å². The van der Waals surface area contributed by atoms with Gasteiger partial charge in [-0.05, 0) is 29.3 Å². The van der Waals surface area contributed by atoms with Crippen molar-refractivity contribution in [2.75, 3.05) is 0 Å². The first-order valence-corrected chi connectivity index (χ1v) is 9.95. The number of ketones is 1. The zero-order chi connectivity index (χ0) is 19.3. The Bertz CT molecular complexity index is 1060. The summed E-state index contributed by atoms with van der Waals surface area (Å²) >= 11 is 0. The van der Waals surface area contributed by atoms with Crippen LogP contribution < -0.4 is 0 Å². The van der Waals surface area contributed by atoms with Crippen LogP contribution in [0.25, 0.3) is 6.08 Å². The molecule has 0 aliphatic carbocycles. The molecule has 0 unspecified atom stereocenters. The van der Waals surface area contributed by atoms with E-state index in [1.165, 1.54) is 30.3 Å². The molecular formula is C22H17FO3S. The van der Waals surface area contributed by atoms with Crippen LogP contribution in [0.5, 0.6) is 0 Å². The average Bonchev–Trinajstić information content (AvgIpc) is 2.68. The van der Waals surface area contributed by atoms with Crippen LogP contribution in [-0.4, -0.2) is 14.2 Å².